The van der Waals surface area contributed by atoms with Crippen LogP contribution >= 0.6 is 31.9 Å². The number of carboxylic acid groups (broad SMARTS) is 1. The van der Waals surface area contributed by atoms with Crippen LogP contribution in [0.5, 0.6) is 0 Å². The first-order chi connectivity index (χ1) is 11.3. The van der Waals surface area contributed by atoms with Crippen LogP contribution in [0.25, 0.3) is 5.57 Å². The predicted molar refractivity (Wildman–Crippen MR) is 97.1 cm³/mol. The lowest BCUT2D eigenvalue weighted by Gasteiger charge is -2.09. The van der Waals surface area contributed by atoms with Gasteiger partial charge in [-0.15, -0.1) is 0 Å². The highest BCUT2D eigenvalue weighted by Crippen LogP contribution is 2.24. The van der Waals surface area contributed by atoms with Crippen LogP contribution < -0.4 is 0 Å². The second kappa shape index (κ2) is 7.96. The molecule has 0 aromatic heterocycles. The first-order valence-corrected chi connectivity index (χ1v) is 9.94. The van der Waals surface area contributed by atoms with Gasteiger partial charge in [-0.25, -0.2) is 4.79 Å². The molecule has 0 heterocycles. The molecule has 0 amide bonds. The fraction of sp³-hybridized carbons (Fsp3) is 0.0625. The van der Waals surface area contributed by atoms with Crippen LogP contribution in [0.1, 0.15) is 11.1 Å². The molecule has 24 heavy (non-hydrogen) atoms. The maximum Gasteiger partial charge on any atom is 0.339 e. The molecular formula is C16H12Br2O5S. The van der Waals surface area contributed by atoms with Crippen molar-refractivity contribution in [3.8, 4) is 0 Å². The van der Waals surface area contributed by atoms with E-state index in [0.717, 1.165) is 10.7 Å². The summed E-state index contributed by atoms with van der Waals surface area (Å²) in [6, 6.07) is 12.6. The fourth-order valence-corrected chi connectivity index (χ4v) is 3.45. The van der Waals surface area contributed by atoms with Gasteiger partial charge in [-0.3, -0.25) is 0 Å². The zero-order valence-corrected chi connectivity index (χ0v) is 16.1. The summed E-state index contributed by atoms with van der Waals surface area (Å²) in [4.78, 5) is 11.4. The van der Waals surface area contributed by atoms with Gasteiger partial charge in [0.25, 0.3) is 0 Å². The van der Waals surface area contributed by atoms with E-state index in [1.54, 1.807) is 36.4 Å². The lowest BCUT2D eigenvalue weighted by molar-refractivity contribution is -0.130. The molecule has 126 valence electrons. The van der Waals surface area contributed by atoms with Gasteiger partial charge in [0.15, 0.2) is 0 Å². The molecule has 5 nitrogen and oxygen atoms in total. The van der Waals surface area contributed by atoms with Gasteiger partial charge in [-0.05, 0) is 35.4 Å². The average molecular weight is 476 g/mol. The van der Waals surface area contributed by atoms with Crippen LogP contribution in [0.15, 0.2) is 64.2 Å². The molecule has 2 aromatic rings. The molecule has 0 atom stereocenters. The molecular weight excluding hydrogens is 464 g/mol. The SMILES string of the molecule is O=C(O)/C(=C/OS(=O)(=O)c1ccc(Br)cc1)c1ccccc1CBr. The number of rotatable bonds is 6. The number of halogens is 2. The van der Waals surface area contributed by atoms with Crippen LogP contribution in [-0.2, 0) is 24.4 Å². The summed E-state index contributed by atoms with van der Waals surface area (Å²) >= 11 is 6.49. The van der Waals surface area contributed by atoms with Crippen LogP contribution in [-0.4, -0.2) is 19.5 Å². The largest absolute Gasteiger partial charge is 0.478 e. The van der Waals surface area contributed by atoms with Crippen molar-refractivity contribution in [3.63, 3.8) is 0 Å². The fourth-order valence-electron chi connectivity index (χ4n) is 1.90. The molecule has 0 fully saturated rings. The van der Waals surface area contributed by atoms with E-state index in [9.17, 15) is 18.3 Å². The highest BCUT2D eigenvalue weighted by molar-refractivity contribution is 9.10. The maximum absolute atomic E-state index is 12.2. The summed E-state index contributed by atoms with van der Waals surface area (Å²) in [5.74, 6) is -1.28. The van der Waals surface area contributed by atoms with Gasteiger partial charge in [0.05, 0.1) is 0 Å². The Morgan fingerprint density at radius 1 is 1.12 bits per heavy atom. The Morgan fingerprint density at radius 3 is 2.33 bits per heavy atom. The van der Waals surface area contributed by atoms with Crippen LogP contribution in [0, 0.1) is 0 Å². The number of hydrogen-bond acceptors (Lipinski definition) is 4. The lowest BCUT2D eigenvalue weighted by atomic mass is 10.0. The maximum atomic E-state index is 12.2. The summed E-state index contributed by atoms with van der Waals surface area (Å²) in [6.07, 6.45) is 0.751. The van der Waals surface area contributed by atoms with Crippen molar-refractivity contribution in [1.82, 2.24) is 0 Å². The minimum atomic E-state index is -4.11. The summed E-state index contributed by atoms with van der Waals surface area (Å²) < 4.78 is 29.9. The third-order valence-corrected chi connectivity index (χ3v) is 5.41. The van der Waals surface area contributed by atoms with E-state index >= 15 is 0 Å². The van der Waals surface area contributed by atoms with Gasteiger partial charge in [0, 0.05) is 9.80 Å². The topological polar surface area (TPSA) is 80.7 Å². The van der Waals surface area contributed by atoms with Crippen LogP contribution in [0.3, 0.4) is 0 Å². The van der Waals surface area contributed by atoms with Gasteiger partial charge in [0.2, 0.25) is 0 Å². The molecule has 8 heteroatoms. The van der Waals surface area contributed by atoms with Crippen molar-refractivity contribution in [3.05, 3.63) is 70.4 Å². The zero-order valence-electron chi connectivity index (χ0n) is 12.1. The van der Waals surface area contributed by atoms with Gasteiger partial charge in [0.1, 0.15) is 16.7 Å². The lowest BCUT2D eigenvalue weighted by Crippen LogP contribution is -2.07. The molecule has 0 radical (unpaired) electrons. The summed E-state index contributed by atoms with van der Waals surface area (Å²) in [5, 5.41) is 9.81. The number of carboxylic acids is 1. The third-order valence-electron chi connectivity index (χ3n) is 3.08. The summed E-state index contributed by atoms with van der Waals surface area (Å²) in [5.41, 5.74) is 0.842. The molecule has 0 aliphatic carbocycles. The summed E-state index contributed by atoms with van der Waals surface area (Å²) in [7, 11) is -4.11. The molecule has 0 bridgehead atoms. The van der Waals surface area contributed by atoms with Gasteiger partial charge in [-0.1, -0.05) is 56.1 Å². The molecule has 0 aliphatic rings. The number of alkyl halides is 1. The van der Waals surface area contributed by atoms with Crippen molar-refractivity contribution < 1.29 is 22.5 Å². The smallest absolute Gasteiger partial charge is 0.339 e. The van der Waals surface area contributed by atoms with E-state index in [0.29, 0.717) is 16.5 Å². The number of carbonyl (C=O) groups is 1. The normalized spacial score (nSPS) is 12.0. The molecule has 0 saturated carbocycles. The van der Waals surface area contributed by atoms with Crippen molar-refractivity contribution in [2.45, 2.75) is 10.2 Å². The molecule has 0 aliphatic heterocycles. The van der Waals surface area contributed by atoms with E-state index < -0.39 is 16.1 Å². The highest BCUT2D eigenvalue weighted by atomic mass is 79.9. The quantitative estimate of drug-likeness (QED) is 0.293. The third kappa shape index (κ3) is 4.46. The second-order valence-electron chi connectivity index (χ2n) is 4.63. The van der Waals surface area contributed by atoms with E-state index in [-0.39, 0.29) is 10.5 Å². The molecule has 2 aromatic carbocycles. The van der Waals surface area contributed by atoms with Crippen LogP contribution in [0.2, 0.25) is 0 Å². The van der Waals surface area contributed by atoms with Gasteiger partial charge < -0.3 is 9.29 Å². The minimum absolute atomic E-state index is 0.0690. The van der Waals surface area contributed by atoms with E-state index in [1.165, 1.54) is 12.1 Å². The van der Waals surface area contributed by atoms with Crippen molar-refractivity contribution in [2.24, 2.45) is 0 Å². The Morgan fingerprint density at radius 2 is 1.75 bits per heavy atom. The molecule has 2 rings (SSSR count). The average Bonchev–Trinajstić information content (AvgIpc) is 2.55. The Labute approximate surface area is 156 Å². The predicted octanol–water partition coefficient (Wildman–Crippen LogP) is 4.18. The summed E-state index contributed by atoms with van der Waals surface area (Å²) in [6.45, 7) is 0. The molecule has 0 spiro atoms. The standard InChI is InChI=1S/C16H12Br2O5S/c17-9-11-3-1-2-4-14(11)15(16(19)20)10-23-24(21,22)13-7-5-12(18)6-8-13/h1-8,10H,9H2,(H,19,20)/b15-10+. The van der Waals surface area contributed by atoms with E-state index in [4.69, 9.17) is 4.18 Å². The number of hydrogen-bond donors (Lipinski definition) is 1. The monoisotopic (exact) mass is 474 g/mol. The van der Waals surface area contributed by atoms with Crippen molar-refractivity contribution in [1.29, 1.82) is 0 Å². The highest BCUT2D eigenvalue weighted by Gasteiger charge is 2.19. The zero-order chi connectivity index (χ0) is 17.7. The molecule has 0 saturated heterocycles. The van der Waals surface area contributed by atoms with Crippen LogP contribution in [0.4, 0.5) is 0 Å². The van der Waals surface area contributed by atoms with Crippen molar-refractivity contribution in [2.75, 3.05) is 0 Å². The van der Waals surface area contributed by atoms with E-state index in [2.05, 4.69) is 31.9 Å². The molecule has 0 unspecified atom stereocenters. The van der Waals surface area contributed by atoms with Crippen molar-refractivity contribution >= 4 is 53.5 Å². The Balaban J connectivity index is 2.39. The van der Waals surface area contributed by atoms with E-state index in [1.807, 2.05) is 0 Å². The minimum Gasteiger partial charge on any atom is -0.478 e. The first kappa shape index (κ1) is 18.7. The van der Waals surface area contributed by atoms with Gasteiger partial charge >= 0.3 is 16.1 Å². The Hall–Kier alpha value is -1.64. The first-order valence-electron chi connectivity index (χ1n) is 6.61. The number of benzene rings is 2. The second-order valence-corrected chi connectivity index (χ2v) is 7.68. The number of aliphatic carboxylic acids is 1. The Kier molecular flexibility index (Phi) is 6.20. The molecule has 1 N–H and O–H groups in total. The Bertz CT molecular complexity index is 874. The van der Waals surface area contributed by atoms with Gasteiger partial charge in [-0.2, -0.15) is 8.42 Å².